The van der Waals surface area contributed by atoms with Gasteiger partial charge in [0.15, 0.2) is 6.61 Å². The van der Waals surface area contributed by atoms with Crippen LogP contribution in [0.5, 0.6) is 5.75 Å². The average molecular weight is 306 g/mol. The summed E-state index contributed by atoms with van der Waals surface area (Å²) in [6.45, 7) is 1.99. The van der Waals surface area contributed by atoms with Gasteiger partial charge in [0, 0.05) is 12.2 Å². The van der Waals surface area contributed by atoms with Gasteiger partial charge in [0.05, 0.1) is 16.4 Å². The van der Waals surface area contributed by atoms with E-state index in [2.05, 4.69) is 10.3 Å². The normalized spacial score (nSPS) is 10.2. The summed E-state index contributed by atoms with van der Waals surface area (Å²) < 4.78 is 5.46. The van der Waals surface area contributed by atoms with E-state index in [1.807, 2.05) is 6.92 Å². The second-order valence-electron chi connectivity index (χ2n) is 4.42. The number of rotatable bonds is 5. The molecule has 3 N–H and O–H groups in total. The van der Waals surface area contributed by atoms with Crippen LogP contribution < -0.4 is 15.8 Å². The number of nitrogens with two attached hydrogens (primary N) is 1. The van der Waals surface area contributed by atoms with Gasteiger partial charge in [0.2, 0.25) is 0 Å². The molecule has 5 nitrogen and oxygen atoms in total. The molecule has 0 spiro atoms. The van der Waals surface area contributed by atoms with Crippen LogP contribution in [0.2, 0.25) is 5.02 Å². The van der Waals surface area contributed by atoms with Crippen LogP contribution >= 0.6 is 11.6 Å². The number of amides is 1. The number of nitrogens with one attached hydrogen (secondary N) is 1. The number of hydrogen-bond donors (Lipinski definition) is 2. The van der Waals surface area contributed by atoms with E-state index in [1.54, 1.807) is 36.4 Å². The molecular formula is C15H16ClN3O2. The van der Waals surface area contributed by atoms with Crippen LogP contribution in [0.15, 0.2) is 36.4 Å². The highest BCUT2D eigenvalue weighted by Crippen LogP contribution is 2.20. The smallest absolute Gasteiger partial charge is 0.262 e. The van der Waals surface area contributed by atoms with Crippen molar-refractivity contribution in [2.45, 2.75) is 13.5 Å². The summed E-state index contributed by atoms with van der Waals surface area (Å²) in [5, 5.41) is 3.16. The molecule has 0 aliphatic heterocycles. The molecule has 1 aromatic carbocycles. The fourth-order valence-corrected chi connectivity index (χ4v) is 1.95. The Labute approximate surface area is 128 Å². The molecule has 2 rings (SSSR count). The predicted octanol–water partition coefficient (Wildman–Crippen LogP) is 2.52. The molecule has 0 radical (unpaired) electrons. The first-order valence-electron chi connectivity index (χ1n) is 6.44. The van der Waals surface area contributed by atoms with Gasteiger partial charge < -0.3 is 15.8 Å². The molecule has 1 amide bonds. The number of hydrogen-bond acceptors (Lipinski definition) is 4. The number of benzene rings is 1. The van der Waals surface area contributed by atoms with Crippen molar-refractivity contribution in [1.82, 2.24) is 4.98 Å². The van der Waals surface area contributed by atoms with Gasteiger partial charge in [-0.15, -0.1) is 0 Å². The molecule has 2 aromatic rings. The third-order valence-electron chi connectivity index (χ3n) is 2.77. The molecule has 6 heteroatoms. The van der Waals surface area contributed by atoms with Gasteiger partial charge in [-0.2, -0.15) is 0 Å². The van der Waals surface area contributed by atoms with Gasteiger partial charge in [0.25, 0.3) is 5.91 Å². The highest BCUT2D eigenvalue weighted by molar-refractivity contribution is 6.33. The molecule has 0 unspecified atom stereocenters. The van der Waals surface area contributed by atoms with Gasteiger partial charge in [0.1, 0.15) is 5.75 Å². The van der Waals surface area contributed by atoms with Crippen molar-refractivity contribution >= 4 is 23.2 Å². The van der Waals surface area contributed by atoms with E-state index >= 15 is 0 Å². The number of aryl methyl sites for hydroxylation is 1. The third kappa shape index (κ3) is 4.18. The lowest BCUT2D eigenvalue weighted by Gasteiger charge is -2.11. The number of ether oxygens (including phenoxy) is 1. The van der Waals surface area contributed by atoms with Crippen molar-refractivity contribution in [3.63, 3.8) is 0 Å². The zero-order valence-corrected chi connectivity index (χ0v) is 12.4. The maximum absolute atomic E-state index is 11.9. The maximum atomic E-state index is 11.9. The van der Waals surface area contributed by atoms with E-state index in [0.29, 0.717) is 22.2 Å². The molecule has 110 valence electrons. The minimum Gasteiger partial charge on any atom is -0.482 e. The van der Waals surface area contributed by atoms with E-state index in [1.165, 1.54) is 0 Å². The number of anilines is 1. The monoisotopic (exact) mass is 305 g/mol. The van der Waals surface area contributed by atoms with Crippen molar-refractivity contribution in [3.8, 4) is 5.75 Å². The van der Waals surface area contributed by atoms with E-state index in [0.717, 1.165) is 5.69 Å². The maximum Gasteiger partial charge on any atom is 0.262 e. The van der Waals surface area contributed by atoms with Crippen molar-refractivity contribution in [3.05, 3.63) is 52.8 Å². The van der Waals surface area contributed by atoms with Crippen LogP contribution in [0.1, 0.15) is 11.4 Å². The number of halogens is 1. The molecule has 1 heterocycles. The summed E-state index contributed by atoms with van der Waals surface area (Å²) in [7, 11) is 0. The van der Waals surface area contributed by atoms with Crippen LogP contribution in [0.25, 0.3) is 0 Å². The second-order valence-corrected chi connectivity index (χ2v) is 4.83. The predicted molar refractivity (Wildman–Crippen MR) is 82.4 cm³/mol. The molecule has 0 aliphatic rings. The Morgan fingerprint density at radius 1 is 1.33 bits per heavy atom. The van der Waals surface area contributed by atoms with Gasteiger partial charge in [-0.05, 0) is 31.2 Å². The summed E-state index contributed by atoms with van der Waals surface area (Å²) in [6, 6.07) is 10.6. The molecular weight excluding hydrogens is 290 g/mol. The lowest BCUT2D eigenvalue weighted by Crippen LogP contribution is -2.21. The Kier molecular flexibility index (Phi) is 5.14. The molecule has 1 aromatic heterocycles. The van der Waals surface area contributed by atoms with E-state index in [-0.39, 0.29) is 19.1 Å². The average Bonchev–Trinajstić information content (AvgIpc) is 2.48. The van der Waals surface area contributed by atoms with Gasteiger partial charge >= 0.3 is 0 Å². The fourth-order valence-electron chi connectivity index (χ4n) is 1.77. The number of pyridine rings is 1. The van der Waals surface area contributed by atoms with Gasteiger partial charge in [-0.1, -0.05) is 23.7 Å². The Hall–Kier alpha value is -2.11. The topological polar surface area (TPSA) is 77.2 Å². The largest absolute Gasteiger partial charge is 0.482 e. The van der Waals surface area contributed by atoms with Crippen molar-refractivity contribution < 1.29 is 9.53 Å². The zero-order valence-electron chi connectivity index (χ0n) is 11.6. The first-order chi connectivity index (χ1) is 10.1. The van der Waals surface area contributed by atoms with Crippen LogP contribution in [-0.2, 0) is 11.3 Å². The van der Waals surface area contributed by atoms with Crippen LogP contribution in [0.4, 0.5) is 5.69 Å². The summed E-state index contributed by atoms with van der Waals surface area (Å²) in [6.07, 6.45) is 0. The van der Waals surface area contributed by atoms with Crippen LogP contribution in [0, 0.1) is 6.92 Å². The quantitative estimate of drug-likeness (QED) is 0.890. The number of nitrogens with zero attached hydrogens (tertiary/aromatic N) is 1. The number of carbonyl (C=O) groups excluding carboxylic acids is 1. The summed E-state index contributed by atoms with van der Waals surface area (Å²) in [5.41, 5.74) is 7.63. The van der Waals surface area contributed by atoms with Gasteiger partial charge in [-0.25, -0.2) is 0 Å². The number of aromatic nitrogens is 1. The van der Waals surface area contributed by atoms with Crippen molar-refractivity contribution in [1.29, 1.82) is 0 Å². The molecule has 0 atom stereocenters. The lowest BCUT2D eigenvalue weighted by atomic mass is 10.3. The molecule has 0 aliphatic carbocycles. The molecule has 0 bridgehead atoms. The van der Waals surface area contributed by atoms with E-state index in [4.69, 9.17) is 22.1 Å². The van der Waals surface area contributed by atoms with Crippen molar-refractivity contribution in [2.24, 2.45) is 5.73 Å². The molecule has 0 saturated carbocycles. The number of para-hydroxylation sites is 1. The lowest BCUT2D eigenvalue weighted by molar-refractivity contribution is -0.118. The first kappa shape index (κ1) is 15.3. The molecule has 0 saturated heterocycles. The first-order valence-corrected chi connectivity index (χ1v) is 6.81. The van der Waals surface area contributed by atoms with Crippen LogP contribution in [0.3, 0.4) is 0 Å². The minimum absolute atomic E-state index is 0.136. The highest BCUT2D eigenvalue weighted by atomic mass is 35.5. The third-order valence-corrected chi connectivity index (χ3v) is 3.10. The Morgan fingerprint density at radius 2 is 2.10 bits per heavy atom. The van der Waals surface area contributed by atoms with Crippen molar-refractivity contribution in [2.75, 3.05) is 11.9 Å². The zero-order chi connectivity index (χ0) is 15.2. The Bertz CT molecular complexity index is 647. The molecule has 21 heavy (non-hydrogen) atoms. The SMILES string of the molecule is Cc1ccc(OCC(=O)Nc2ccccc2Cl)c(CN)n1. The standard InChI is InChI=1S/C15H16ClN3O2/c1-10-6-7-14(13(8-17)18-10)21-9-15(20)19-12-5-3-2-4-11(12)16/h2-7H,8-9,17H2,1H3,(H,19,20). The summed E-state index contributed by atoms with van der Waals surface area (Å²) in [4.78, 5) is 16.1. The van der Waals surface area contributed by atoms with E-state index in [9.17, 15) is 4.79 Å². The minimum atomic E-state index is -0.299. The molecule has 0 fully saturated rings. The number of carbonyl (C=O) groups is 1. The Morgan fingerprint density at radius 3 is 2.81 bits per heavy atom. The van der Waals surface area contributed by atoms with E-state index < -0.39 is 0 Å². The Balaban J connectivity index is 1.97. The van der Waals surface area contributed by atoms with Gasteiger partial charge in [-0.3, -0.25) is 9.78 Å². The highest BCUT2D eigenvalue weighted by Gasteiger charge is 2.09. The summed E-state index contributed by atoms with van der Waals surface area (Å²) in [5.74, 6) is 0.212. The second kappa shape index (κ2) is 7.06. The van der Waals surface area contributed by atoms with Crippen LogP contribution in [-0.4, -0.2) is 17.5 Å². The fraction of sp³-hybridized carbons (Fsp3) is 0.200. The summed E-state index contributed by atoms with van der Waals surface area (Å²) >= 11 is 5.97.